The molecule has 0 bridgehead atoms. The van der Waals surface area contributed by atoms with E-state index in [1.165, 1.54) is 0 Å². The van der Waals surface area contributed by atoms with Crippen LogP contribution >= 0.6 is 0 Å². The van der Waals surface area contributed by atoms with E-state index in [1.54, 1.807) is 13.2 Å². The third-order valence-corrected chi connectivity index (χ3v) is 3.59. The summed E-state index contributed by atoms with van der Waals surface area (Å²) in [4.78, 5) is 11.8. The molecule has 0 radical (unpaired) electrons. The Morgan fingerprint density at radius 1 is 1.05 bits per heavy atom. The molecule has 0 spiro atoms. The predicted octanol–water partition coefficient (Wildman–Crippen LogP) is 3.77. The molecule has 0 N–H and O–H groups in total. The maximum Gasteiger partial charge on any atom is 0.331 e. The molecule has 3 rings (SSSR count). The van der Waals surface area contributed by atoms with Crippen molar-refractivity contribution in [1.82, 2.24) is 0 Å². The predicted molar refractivity (Wildman–Crippen MR) is 80.9 cm³/mol. The second kappa shape index (κ2) is 5.83. The molecular weight excluding hydrogens is 264 g/mol. The Morgan fingerprint density at radius 2 is 1.76 bits per heavy atom. The smallest absolute Gasteiger partial charge is 0.331 e. The number of carbonyl (C=O) groups is 1. The Balaban J connectivity index is 1.86. The van der Waals surface area contributed by atoms with Crippen molar-refractivity contribution >= 4 is 11.5 Å². The van der Waals surface area contributed by atoms with Gasteiger partial charge >= 0.3 is 5.97 Å². The molecule has 0 unspecified atom stereocenters. The van der Waals surface area contributed by atoms with Crippen molar-refractivity contribution in [3.63, 3.8) is 0 Å². The van der Waals surface area contributed by atoms with Crippen molar-refractivity contribution in [1.29, 1.82) is 0 Å². The van der Waals surface area contributed by atoms with E-state index < -0.39 is 0 Å². The van der Waals surface area contributed by atoms with Crippen LogP contribution in [-0.2, 0) is 9.53 Å². The molecule has 3 nitrogen and oxygen atoms in total. The van der Waals surface area contributed by atoms with Crippen LogP contribution in [0.15, 0.2) is 60.7 Å². The molecule has 3 heteroatoms. The highest BCUT2D eigenvalue weighted by molar-refractivity contribution is 5.93. The van der Waals surface area contributed by atoms with Gasteiger partial charge in [0.2, 0.25) is 0 Å². The summed E-state index contributed by atoms with van der Waals surface area (Å²) in [5.41, 5.74) is 3.03. The third-order valence-electron chi connectivity index (χ3n) is 3.59. The van der Waals surface area contributed by atoms with Crippen LogP contribution in [0.1, 0.15) is 23.7 Å². The van der Waals surface area contributed by atoms with Crippen LogP contribution in [0.2, 0.25) is 0 Å². The summed E-state index contributed by atoms with van der Waals surface area (Å²) in [7, 11) is 1.64. The zero-order valence-electron chi connectivity index (χ0n) is 11.8. The Labute approximate surface area is 123 Å². The van der Waals surface area contributed by atoms with E-state index in [0.717, 1.165) is 22.4 Å². The molecule has 106 valence electrons. The fraction of sp³-hybridized carbons (Fsp3) is 0.167. The average Bonchev–Trinajstić information content (AvgIpc) is 2.55. The summed E-state index contributed by atoms with van der Waals surface area (Å²) in [5.74, 6) is 0.512. The fourth-order valence-corrected chi connectivity index (χ4v) is 2.48. The number of rotatable bonds is 3. The summed E-state index contributed by atoms with van der Waals surface area (Å²) < 4.78 is 10.6. The number of ether oxygens (including phenoxy) is 2. The molecule has 0 aliphatic carbocycles. The minimum atomic E-state index is -0.291. The van der Waals surface area contributed by atoms with Gasteiger partial charge in [-0.2, -0.15) is 0 Å². The number of esters is 1. The van der Waals surface area contributed by atoms with Gasteiger partial charge in [-0.15, -0.1) is 0 Å². The van der Waals surface area contributed by atoms with E-state index in [1.807, 2.05) is 54.6 Å². The maximum atomic E-state index is 11.8. The second-order valence-electron chi connectivity index (χ2n) is 4.94. The highest BCUT2D eigenvalue weighted by Crippen LogP contribution is 2.34. The molecule has 1 atom stereocenters. The average molecular weight is 280 g/mol. The van der Waals surface area contributed by atoms with Crippen LogP contribution in [0.4, 0.5) is 0 Å². The SMILES string of the molecule is COc1ccc(C2=CC(=O)O[C@@H](c3ccccc3)C2)cc1. The van der Waals surface area contributed by atoms with Crippen molar-refractivity contribution in [2.45, 2.75) is 12.5 Å². The lowest BCUT2D eigenvalue weighted by Gasteiger charge is -2.23. The fourth-order valence-electron chi connectivity index (χ4n) is 2.48. The van der Waals surface area contributed by atoms with Crippen molar-refractivity contribution in [2.24, 2.45) is 0 Å². The zero-order valence-corrected chi connectivity index (χ0v) is 11.8. The van der Waals surface area contributed by atoms with Gasteiger partial charge in [-0.25, -0.2) is 4.79 Å². The van der Waals surface area contributed by atoms with Crippen molar-refractivity contribution < 1.29 is 14.3 Å². The molecule has 21 heavy (non-hydrogen) atoms. The van der Waals surface area contributed by atoms with Gasteiger partial charge < -0.3 is 9.47 Å². The van der Waals surface area contributed by atoms with Gasteiger partial charge in [-0.1, -0.05) is 42.5 Å². The van der Waals surface area contributed by atoms with Crippen LogP contribution in [0.5, 0.6) is 5.75 Å². The summed E-state index contributed by atoms with van der Waals surface area (Å²) in [6, 6.07) is 17.5. The summed E-state index contributed by atoms with van der Waals surface area (Å²) >= 11 is 0. The number of methoxy groups -OCH3 is 1. The highest BCUT2D eigenvalue weighted by atomic mass is 16.5. The van der Waals surface area contributed by atoms with Gasteiger partial charge in [0.15, 0.2) is 0 Å². The molecule has 0 fully saturated rings. The highest BCUT2D eigenvalue weighted by Gasteiger charge is 2.23. The Morgan fingerprint density at radius 3 is 2.43 bits per heavy atom. The Kier molecular flexibility index (Phi) is 3.73. The van der Waals surface area contributed by atoms with Crippen LogP contribution in [0, 0.1) is 0 Å². The lowest BCUT2D eigenvalue weighted by molar-refractivity contribution is -0.144. The van der Waals surface area contributed by atoms with Crippen molar-refractivity contribution in [3.8, 4) is 5.75 Å². The maximum absolute atomic E-state index is 11.8. The van der Waals surface area contributed by atoms with E-state index in [9.17, 15) is 4.79 Å². The van der Waals surface area contributed by atoms with Gasteiger partial charge in [0.05, 0.1) is 7.11 Å². The normalized spacial score (nSPS) is 17.9. The van der Waals surface area contributed by atoms with Crippen LogP contribution in [0.3, 0.4) is 0 Å². The molecule has 0 saturated carbocycles. The monoisotopic (exact) mass is 280 g/mol. The lowest BCUT2D eigenvalue weighted by atomic mass is 9.94. The first-order valence-corrected chi connectivity index (χ1v) is 6.87. The standard InChI is InChI=1S/C18H16O3/c1-20-16-9-7-13(8-10-16)15-11-17(21-18(19)12-15)14-5-3-2-4-6-14/h2-10,12,17H,11H2,1H3/t17-/m1/s1. The largest absolute Gasteiger partial charge is 0.497 e. The van der Waals surface area contributed by atoms with Gasteiger partial charge in [0.1, 0.15) is 11.9 Å². The quantitative estimate of drug-likeness (QED) is 0.803. The summed E-state index contributed by atoms with van der Waals surface area (Å²) in [6.07, 6.45) is 2.03. The molecule has 1 aliphatic heterocycles. The first-order chi connectivity index (χ1) is 10.3. The van der Waals surface area contributed by atoms with Crippen molar-refractivity contribution in [3.05, 3.63) is 71.8 Å². The summed E-state index contributed by atoms with van der Waals surface area (Å²) in [5, 5.41) is 0. The molecular formula is C18H16O3. The van der Waals surface area contributed by atoms with Crippen LogP contribution in [-0.4, -0.2) is 13.1 Å². The minimum Gasteiger partial charge on any atom is -0.497 e. The topological polar surface area (TPSA) is 35.5 Å². The van der Waals surface area contributed by atoms with E-state index in [-0.39, 0.29) is 12.1 Å². The molecule has 0 saturated heterocycles. The first kappa shape index (κ1) is 13.4. The van der Waals surface area contributed by atoms with Gasteiger partial charge in [0.25, 0.3) is 0 Å². The zero-order chi connectivity index (χ0) is 14.7. The molecule has 1 heterocycles. The molecule has 1 aliphatic rings. The van der Waals surface area contributed by atoms with E-state index in [4.69, 9.17) is 9.47 Å². The Hall–Kier alpha value is -2.55. The van der Waals surface area contributed by atoms with Crippen molar-refractivity contribution in [2.75, 3.05) is 7.11 Å². The lowest BCUT2D eigenvalue weighted by Crippen LogP contribution is -2.15. The Bertz CT molecular complexity index is 657. The van der Waals surface area contributed by atoms with E-state index >= 15 is 0 Å². The number of cyclic esters (lactones) is 1. The molecule has 2 aromatic rings. The number of benzene rings is 2. The first-order valence-electron chi connectivity index (χ1n) is 6.87. The molecule has 0 amide bonds. The van der Waals surface area contributed by atoms with Crippen LogP contribution in [0.25, 0.3) is 5.57 Å². The van der Waals surface area contributed by atoms with E-state index in [2.05, 4.69) is 0 Å². The summed E-state index contributed by atoms with van der Waals surface area (Å²) in [6.45, 7) is 0. The molecule has 2 aromatic carbocycles. The van der Waals surface area contributed by atoms with E-state index in [0.29, 0.717) is 6.42 Å². The second-order valence-corrected chi connectivity index (χ2v) is 4.94. The molecule has 0 aromatic heterocycles. The third kappa shape index (κ3) is 2.97. The minimum absolute atomic E-state index is 0.221. The van der Waals surface area contributed by atoms with Gasteiger partial charge in [-0.05, 0) is 28.8 Å². The number of hydrogen-bond donors (Lipinski definition) is 0. The number of carbonyl (C=O) groups excluding carboxylic acids is 1. The number of hydrogen-bond acceptors (Lipinski definition) is 3. The van der Waals surface area contributed by atoms with Gasteiger partial charge in [0, 0.05) is 12.5 Å². The van der Waals surface area contributed by atoms with Crippen LogP contribution < -0.4 is 4.74 Å². The van der Waals surface area contributed by atoms with Gasteiger partial charge in [-0.3, -0.25) is 0 Å².